The quantitative estimate of drug-likeness (QED) is 0.189. The van der Waals surface area contributed by atoms with Crippen molar-refractivity contribution in [3.8, 4) is 11.5 Å². The van der Waals surface area contributed by atoms with Gasteiger partial charge in [-0.3, -0.25) is 10.1 Å². The minimum absolute atomic E-state index is 0.102. The maximum Gasteiger partial charge on any atom is 0.337 e. The predicted molar refractivity (Wildman–Crippen MR) is 112 cm³/mol. The molecule has 2 aromatic rings. The van der Waals surface area contributed by atoms with Gasteiger partial charge in [-0.15, -0.1) is 0 Å². The van der Waals surface area contributed by atoms with Gasteiger partial charge in [0.2, 0.25) is 0 Å². The molecule has 3 atom stereocenters. The van der Waals surface area contributed by atoms with Crippen LogP contribution in [-0.2, 0) is 14.2 Å². The Morgan fingerprint density at radius 2 is 1.91 bits per heavy atom. The first-order valence-corrected chi connectivity index (χ1v) is 9.55. The predicted octanol–water partition coefficient (Wildman–Crippen LogP) is 2.37. The molecule has 0 bridgehead atoms. The number of hydrogen-bond donors (Lipinski definition) is 3. The van der Waals surface area contributed by atoms with Gasteiger partial charge in [-0.25, -0.2) is 4.79 Å². The summed E-state index contributed by atoms with van der Waals surface area (Å²) in [6, 6.07) is 6.98. The largest absolute Gasteiger partial charge is 0.506 e. The number of methoxy groups -OCH3 is 3. The standard InChI is InChI=1S/C21H24N2O9/c1-21(20(30-3)31-4)18(25)17(13-10-12(23(27)28)6-8-16(13)32-21)22-14-9-11(19(26)29-2)5-7-15(14)24/h5-10,17-18,20,22,24-25H,1-4H3/t17-,18+,21+/m0/s1. The van der Waals surface area contributed by atoms with Gasteiger partial charge in [0.25, 0.3) is 5.69 Å². The summed E-state index contributed by atoms with van der Waals surface area (Å²) in [6.45, 7) is 1.57. The Balaban J connectivity index is 2.13. The Labute approximate surface area is 183 Å². The van der Waals surface area contributed by atoms with Crippen LogP contribution < -0.4 is 10.1 Å². The van der Waals surface area contributed by atoms with Crippen molar-refractivity contribution < 1.29 is 38.9 Å². The summed E-state index contributed by atoms with van der Waals surface area (Å²) in [5.74, 6) is -0.580. The third kappa shape index (κ3) is 4.05. The van der Waals surface area contributed by atoms with Crippen LogP contribution in [-0.4, -0.2) is 60.4 Å². The number of nitro benzene ring substituents is 1. The number of phenols is 1. The number of aromatic hydroxyl groups is 1. The van der Waals surface area contributed by atoms with E-state index in [2.05, 4.69) is 5.32 Å². The van der Waals surface area contributed by atoms with Gasteiger partial charge in [0.1, 0.15) is 17.6 Å². The molecule has 1 aliphatic heterocycles. The smallest absolute Gasteiger partial charge is 0.337 e. The fourth-order valence-electron chi connectivity index (χ4n) is 3.76. The number of phenolic OH excluding ortho intramolecular Hbond substituents is 1. The molecule has 0 saturated heterocycles. The van der Waals surface area contributed by atoms with Crippen LogP contribution in [0.1, 0.15) is 28.9 Å². The number of nitro groups is 1. The van der Waals surface area contributed by atoms with Crippen molar-refractivity contribution in [2.24, 2.45) is 0 Å². The average molecular weight is 448 g/mol. The monoisotopic (exact) mass is 448 g/mol. The zero-order valence-corrected chi connectivity index (χ0v) is 17.9. The summed E-state index contributed by atoms with van der Waals surface area (Å²) in [6.07, 6.45) is -2.36. The second-order valence-electron chi connectivity index (χ2n) is 7.36. The minimum atomic E-state index is -1.43. The summed E-state index contributed by atoms with van der Waals surface area (Å²) < 4.78 is 21.3. The fourth-order valence-corrected chi connectivity index (χ4v) is 3.76. The van der Waals surface area contributed by atoms with Gasteiger partial charge in [-0.2, -0.15) is 0 Å². The van der Waals surface area contributed by atoms with Crippen LogP contribution in [0.15, 0.2) is 36.4 Å². The van der Waals surface area contributed by atoms with Crippen molar-refractivity contribution >= 4 is 17.3 Å². The SMILES string of the molecule is COC(=O)c1ccc(O)c(N[C@H]2c3cc([N+](=O)[O-])ccc3O[C@@](C)(C(OC)OC)[C@@H]2O)c1. The van der Waals surface area contributed by atoms with Gasteiger partial charge >= 0.3 is 5.97 Å². The molecule has 0 spiro atoms. The highest BCUT2D eigenvalue weighted by atomic mass is 16.7. The van der Waals surface area contributed by atoms with Crippen molar-refractivity contribution in [3.05, 3.63) is 57.6 Å². The van der Waals surface area contributed by atoms with E-state index in [0.29, 0.717) is 0 Å². The summed E-state index contributed by atoms with van der Waals surface area (Å²) in [7, 11) is 3.99. The molecule has 0 unspecified atom stereocenters. The highest BCUT2D eigenvalue weighted by Crippen LogP contribution is 2.45. The molecule has 172 valence electrons. The molecular weight excluding hydrogens is 424 g/mol. The van der Waals surface area contributed by atoms with Gasteiger partial charge < -0.3 is 34.5 Å². The molecule has 1 heterocycles. The number of non-ortho nitro benzene ring substituents is 1. The molecule has 32 heavy (non-hydrogen) atoms. The first-order chi connectivity index (χ1) is 15.2. The highest BCUT2D eigenvalue weighted by Gasteiger charge is 2.52. The number of hydrogen-bond acceptors (Lipinski definition) is 10. The van der Waals surface area contributed by atoms with Gasteiger partial charge in [0.05, 0.1) is 29.3 Å². The number of carbonyl (C=O) groups is 1. The number of benzene rings is 2. The van der Waals surface area contributed by atoms with Crippen LogP contribution in [0.4, 0.5) is 11.4 Å². The number of nitrogens with zero attached hydrogens (tertiary/aromatic N) is 1. The Hall–Kier alpha value is -3.41. The number of fused-ring (bicyclic) bond motifs is 1. The molecule has 2 aromatic carbocycles. The zero-order chi connectivity index (χ0) is 23.6. The van der Waals surface area contributed by atoms with E-state index in [4.69, 9.17) is 18.9 Å². The summed E-state index contributed by atoms with van der Waals surface area (Å²) in [5, 5.41) is 35.9. The van der Waals surface area contributed by atoms with E-state index in [9.17, 15) is 25.1 Å². The lowest BCUT2D eigenvalue weighted by molar-refractivity contribution is -0.385. The van der Waals surface area contributed by atoms with Crippen LogP contribution in [0, 0.1) is 10.1 Å². The van der Waals surface area contributed by atoms with E-state index >= 15 is 0 Å². The number of rotatable bonds is 7. The number of carbonyl (C=O) groups excluding carboxylic acids is 1. The summed E-state index contributed by atoms with van der Waals surface area (Å²) in [5.41, 5.74) is -1.11. The van der Waals surface area contributed by atoms with Crippen molar-refractivity contribution in [1.29, 1.82) is 0 Å². The molecule has 1 aliphatic rings. The number of aliphatic hydroxyl groups is 1. The molecule has 0 aromatic heterocycles. The molecule has 11 nitrogen and oxygen atoms in total. The number of aliphatic hydroxyl groups excluding tert-OH is 1. The van der Waals surface area contributed by atoms with Crippen LogP contribution >= 0.6 is 0 Å². The summed E-state index contributed by atoms with van der Waals surface area (Å²) in [4.78, 5) is 22.7. The van der Waals surface area contributed by atoms with E-state index in [1.165, 1.54) is 57.7 Å². The van der Waals surface area contributed by atoms with Crippen LogP contribution in [0.5, 0.6) is 11.5 Å². The Morgan fingerprint density at radius 1 is 1.22 bits per heavy atom. The number of esters is 1. The van der Waals surface area contributed by atoms with E-state index < -0.39 is 34.9 Å². The number of anilines is 1. The van der Waals surface area contributed by atoms with E-state index in [-0.39, 0.29) is 34.0 Å². The molecule has 11 heteroatoms. The molecule has 0 saturated carbocycles. The third-order valence-corrected chi connectivity index (χ3v) is 5.40. The molecule has 0 fully saturated rings. The van der Waals surface area contributed by atoms with Crippen LogP contribution in [0.2, 0.25) is 0 Å². The summed E-state index contributed by atoms with van der Waals surface area (Å²) >= 11 is 0. The second kappa shape index (κ2) is 8.99. The molecule has 0 aliphatic carbocycles. The van der Waals surface area contributed by atoms with Crippen molar-refractivity contribution in [2.45, 2.75) is 31.0 Å². The topological polar surface area (TPSA) is 150 Å². The zero-order valence-electron chi connectivity index (χ0n) is 17.9. The Bertz CT molecular complexity index is 1020. The molecule has 3 N–H and O–H groups in total. The maximum atomic E-state index is 11.9. The Kier molecular flexibility index (Phi) is 6.53. The van der Waals surface area contributed by atoms with Crippen molar-refractivity contribution in [3.63, 3.8) is 0 Å². The van der Waals surface area contributed by atoms with Crippen molar-refractivity contribution in [1.82, 2.24) is 0 Å². The number of ether oxygens (including phenoxy) is 4. The Morgan fingerprint density at radius 3 is 2.50 bits per heavy atom. The van der Waals surface area contributed by atoms with E-state index in [1.54, 1.807) is 6.92 Å². The first kappa shape index (κ1) is 23.3. The number of nitrogens with one attached hydrogen (secondary N) is 1. The molecule has 0 amide bonds. The maximum absolute atomic E-state index is 11.9. The highest BCUT2D eigenvalue weighted by molar-refractivity contribution is 5.91. The average Bonchev–Trinajstić information content (AvgIpc) is 2.78. The second-order valence-corrected chi connectivity index (χ2v) is 7.36. The van der Waals surface area contributed by atoms with Crippen molar-refractivity contribution in [2.75, 3.05) is 26.6 Å². The van der Waals surface area contributed by atoms with Crippen LogP contribution in [0.3, 0.4) is 0 Å². The lowest BCUT2D eigenvalue weighted by atomic mass is 9.84. The molecular formula is C21H24N2O9. The van der Waals surface area contributed by atoms with Gasteiger partial charge in [-0.05, 0) is 31.2 Å². The van der Waals surface area contributed by atoms with Gasteiger partial charge in [0.15, 0.2) is 11.9 Å². The van der Waals surface area contributed by atoms with E-state index in [1.807, 2.05) is 0 Å². The van der Waals surface area contributed by atoms with Crippen LogP contribution in [0.25, 0.3) is 0 Å². The first-order valence-electron chi connectivity index (χ1n) is 9.55. The third-order valence-electron chi connectivity index (χ3n) is 5.40. The van der Waals surface area contributed by atoms with Gasteiger partial charge in [0, 0.05) is 31.9 Å². The van der Waals surface area contributed by atoms with Gasteiger partial charge in [-0.1, -0.05) is 0 Å². The van der Waals surface area contributed by atoms with E-state index in [0.717, 1.165) is 0 Å². The lowest BCUT2D eigenvalue weighted by Gasteiger charge is -2.46. The molecule has 0 radical (unpaired) electrons. The lowest BCUT2D eigenvalue weighted by Crippen LogP contribution is -2.60. The minimum Gasteiger partial charge on any atom is -0.506 e. The normalized spacial score (nSPS) is 22.1. The molecule has 3 rings (SSSR count). The fraction of sp³-hybridized carbons (Fsp3) is 0.381.